The molecule has 0 fully saturated rings. The largest absolute Gasteiger partial charge is 0.497 e. The summed E-state index contributed by atoms with van der Waals surface area (Å²) >= 11 is 12.2. The lowest BCUT2D eigenvalue weighted by Crippen LogP contribution is -2.38. The average molecular weight is 446 g/mol. The molecule has 0 radical (unpaired) electrons. The predicted octanol–water partition coefficient (Wildman–Crippen LogP) is 4.96. The van der Waals surface area contributed by atoms with Crippen molar-refractivity contribution in [3.05, 3.63) is 63.8 Å². The van der Waals surface area contributed by atoms with Crippen LogP contribution in [-0.4, -0.2) is 41.9 Å². The SMILES string of the molecule is CCN(CC(=O)Nc1c(Cl)cccc1Cl)C(=O)c1cc2ccc(OC)cc2nc1C. The molecule has 156 valence electrons. The van der Waals surface area contributed by atoms with E-state index in [9.17, 15) is 9.59 Å². The molecule has 2 aromatic carbocycles. The number of para-hydroxylation sites is 1. The van der Waals surface area contributed by atoms with Gasteiger partial charge in [0.15, 0.2) is 0 Å². The average Bonchev–Trinajstić information content (AvgIpc) is 2.73. The van der Waals surface area contributed by atoms with Crippen molar-refractivity contribution in [2.24, 2.45) is 0 Å². The number of aromatic nitrogens is 1. The number of amides is 2. The molecule has 0 bridgehead atoms. The molecular formula is C22H21Cl2N3O3. The summed E-state index contributed by atoms with van der Waals surface area (Å²) < 4.78 is 5.23. The molecular weight excluding hydrogens is 425 g/mol. The summed E-state index contributed by atoms with van der Waals surface area (Å²) in [5.41, 5.74) is 2.08. The van der Waals surface area contributed by atoms with Gasteiger partial charge in [0.05, 0.1) is 39.6 Å². The van der Waals surface area contributed by atoms with Crippen molar-refractivity contribution in [2.75, 3.05) is 25.5 Å². The monoisotopic (exact) mass is 445 g/mol. The van der Waals surface area contributed by atoms with E-state index in [1.165, 1.54) is 4.90 Å². The maximum atomic E-state index is 13.1. The van der Waals surface area contributed by atoms with Gasteiger partial charge in [0.1, 0.15) is 12.3 Å². The summed E-state index contributed by atoms with van der Waals surface area (Å²) in [6, 6.07) is 12.2. The zero-order chi connectivity index (χ0) is 21.8. The first-order chi connectivity index (χ1) is 14.3. The topological polar surface area (TPSA) is 71.5 Å². The van der Waals surface area contributed by atoms with Crippen LogP contribution < -0.4 is 10.1 Å². The van der Waals surface area contributed by atoms with E-state index in [1.807, 2.05) is 25.1 Å². The van der Waals surface area contributed by atoms with Crippen molar-refractivity contribution >= 4 is 51.6 Å². The minimum absolute atomic E-state index is 0.142. The van der Waals surface area contributed by atoms with E-state index < -0.39 is 5.91 Å². The fourth-order valence-electron chi connectivity index (χ4n) is 3.05. The van der Waals surface area contributed by atoms with E-state index >= 15 is 0 Å². The summed E-state index contributed by atoms with van der Waals surface area (Å²) in [6.07, 6.45) is 0. The lowest BCUT2D eigenvalue weighted by molar-refractivity contribution is -0.116. The minimum atomic E-state index is -0.392. The number of hydrogen-bond acceptors (Lipinski definition) is 4. The summed E-state index contributed by atoms with van der Waals surface area (Å²) in [5, 5.41) is 4.15. The van der Waals surface area contributed by atoms with Gasteiger partial charge in [0.25, 0.3) is 5.91 Å². The number of anilines is 1. The highest BCUT2D eigenvalue weighted by atomic mass is 35.5. The van der Waals surface area contributed by atoms with Gasteiger partial charge >= 0.3 is 0 Å². The number of likely N-dealkylation sites (N-methyl/N-ethyl adjacent to an activating group) is 1. The number of ether oxygens (including phenoxy) is 1. The molecule has 0 aliphatic rings. The Hall–Kier alpha value is -2.83. The first kappa shape index (κ1) is 21.9. The van der Waals surface area contributed by atoms with Gasteiger partial charge < -0.3 is 15.0 Å². The smallest absolute Gasteiger partial charge is 0.256 e. The van der Waals surface area contributed by atoms with Crippen LogP contribution in [0.25, 0.3) is 10.9 Å². The Balaban J connectivity index is 1.82. The molecule has 0 saturated carbocycles. The molecule has 0 spiro atoms. The standard InChI is InChI=1S/C22H21Cl2N3O3/c1-4-27(12-20(28)26-21-17(23)6-5-7-18(21)24)22(29)16-10-14-8-9-15(30-3)11-19(14)25-13(16)2/h5-11H,4,12H2,1-3H3,(H,26,28). The summed E-state index contributed by atoms with van der Waals surface area (Å²) in [4.78, 5) is 31.6. The van der Waals surface area contributed by atoms with Gasteiger partial charge in [-0.3, -0.25) is 14.6 Å². The van der Waals surface area contributed by atoms with Crippen molar-refractivity contribution in [1.29, 1.82) is 0 Å². The second kappa shape index (κ2) is 9.32. The molecule has 1 aromatic heterocycles. The van der Waals surface area contributed by atoms with Crippen LogP contribution in [0.4, 0.5) is 5.69 Å². The van der Waals surface area contributed by atoms with Gasteiger partial charge in [-0.25, -0.2) is 0 Å². The number of halogens is 2. The third-order valence-electron chi connectivity index (χ3n) is 4.68. The second-order valence-electron chi connectivity index (χ2n) is 6.64. The number of methoxy groups -OCH3 is 1. The van der Waals surface area contributed by atoms with Crippen LogP contribution >= 0.6 is 23.2 Å². The predicted molar refractivity (Wildman–Crippen MR) is 120 cm³/mol. The van der Waals surface area contributed by atoms with Crippen molar-refractivity contribution in [1.82, 2.24) is 9.88 Å². The molecule has 3 aromatic rings. The highest BCUT2D eigenvalue weighted by Crippen LogP contribution is 2.29. The highest BCUT2D eigenvalue weighted by Gasteiger charge is 2.21. The number of nitrogens with one attached hydrogen (secondary N) is 1. The molecule has 8 heteroatoms. The Labute approximate surface area is 184 Å². The third-order valence-corrected chi connectivity index (χ3v) is 5.31. The van der Waals surface area contributed by atoms with Crippen LogP contribution in [0.5, 0.6) is 5.75 Å². The molecule has 0 atom stereocenters. The Morgan fingerprint density at radius 2 is 1.83 bits per heavy atom. The number of carbonyl (C=O) groups excluding carboxylic acids is 2. The number of hydrogen-bond donors (Lipinski definition) is 1. The van der Waals surface area contributed by atoms with Crippen molar-refractivity contribution in [2.45, 2.75) is 13.8 Å². The van der Waals surface area contributed by atoms with Gasteiger partial charge in [0, 0.05) is 18.0 Å². The van der Waals surface area contributed by atoms with E-state index in [0.717, 1.165) is 10.9 Å². The lowest BCUT2D eigenvalue weighted by atomic mass is 10.1. The Bertz CT molecular complexity index is 1100. The molecule has 30 heavy (non-hydrogen) atoms. The van der Waals surface area contributed by atoms with Crippen LogP contribution in [0.1, 0.15) is 23.0 Å². The van der Waals surface area contributed by atoms with Crippen LogP contribution in [0.2, 0.25) is 10.0 Å². The Morgan fingerprint density at radius 1 is 1.13 bits per heavy atom. The fraction of sp³-hybridized carbons (Fsp3) is 0.227. The number of benzene rings is 2. The molecule has 0 unspecified atom stereocenters. The number of pyridine rings is 1. The Morgan fingerprint density at radius 3 is 2.47 bits per heavy atom. The summed E-state index contributed by atoms with van der Waals surface area (Å²) in [6.45, 7) is 3.78. The second-order valence-corrected chi connectivity index (χ2v) is 7.46. The van der Waals surface area contributed by atoms with Gasteiger partial charge in [-0.2, -0.15) is 0 Å². The van der Waals surface area contributed by atoms with E-state index in [0.29, 0.717) is 39.3 Å². The normalized spacial score (nSPS) is 10.7. The third kappa shape index (κ3) is 4.66. The molecule has 2 amide bonds. The van der Waals surface area contributed by atoms with Crippen LogP contribution in [-0.2, 0) is 4.79 Å². The van der Waals surface area contributed by atoms with Gasteiger partial charge in [-0.15, -0.1) is 0 Å². The summed E-state index contributed by atoms with van der Waals surface area (Å²) in [7, 11) is 1.59. The van der Waals surface area contributed by atoms with Crippen LogP contribution in [0.15, 0.2) is 42.5 Å². The van der Waals surface area contributed by atoms with E-state index in [2.05, 4.69) is 10.3 Å². The molecule has 3 rings (SSSR count). The van der Waals surface area contributed by atoms with Crippen LogP contribution in [0.3, 0.4) is 0 Å². The number of aryl methyl sites for hydroxylation is 1. The first-order valence-electron chi connectivity index (χ1n) is 9.32. The van der Waals surface area contributed by atoms with Gasteiger partial charge in [0.2, 0.25) is 5.91 Å². The maximum absolute atomic E-state index is 13.1. The number of rotatable bonds is 6. The van der Waals surface area contributed by atoms with E-state index in [-0.39, 0.29) is 12.5 Å². The molecule has 1 heterocycles. The Kier molecular flexibility index (Phi) is 6.80. The minimum Gasteiger partial charge on any atom is -0.497 e. The fourth-order valence-corrected chi connectivity index (χ4v) is 3.55. The zero-order valence-corrected chi connectivity index (χ0v) is 18.3. The van der Waals surface area contributed by atoms with Crippen molar-refractivity contribution in [3.8, 4) is 5.75 Å². The van der Waals surface area contributed by atoms with Gasteiger partial charge in [-0.05, 0) is 44.2 Å². The van der Waals surface area contributed by atoms with E-state index in [1.54, 1.807) is 38.3 Å². The maximum Gasteiger partial charge on any atom is 0.256 e. The quantitative estimate of drug-likeness (QED) is 0.581. The molecule has 0 aliphatic heterocycles. The number of carbonyl (C=O) groups is 2. The highest BCUT2D eigenvalue weighted by molar-refractivity contribution is 6.39. The molecule has 6 nitrogen and oxygen atoms in total. The van der Waals surface area contributed by atoms with Gasteiger partial charge in [-0.1, -0.05) is 29.3 Å². The zero-order valence-electron chi connectivity index (χ0n) is 16.8. The number of fused-ring (bicyclic) bond motifs is 1. The van der Waals surface area contributed by atoms with Crippen molar-refractivity contribution < 1.29 is 14.3 Å². The first-order valence-corrected chi connectivity index (χ1v) is 10.1. The molecule has 1 N–H and O–H groups in total. The van der Waals surface area contributed by atoms with E-state index in [4.69, 9.17) is 27.9 Å². The number of nitrogens with zero attached hydrogens (tertiary/aromatic N) is 2. The summed E-state index contributed by atoms with van der Waals surface area (Å²) in [5.74, 6) is 0.0236. The molecule has 0 aliphatic carbocycles. The molecule has 0 saturated heterocycles. The van der Waals surface area contributed by atoms with Crippen LogP contribution in [0, 0.1) is 6.92 Å². The van der Waals surface area contributed by atoms with Crippen molar-refractivity contribution in [3.63, 3.8) is 0 Å². The lowest BCUT2D eigenvalue weighted by Gasteiger charge is -2.22.